The van der Waals surface area contributed by atoms with Crippen LogP contribution in [0.3, 0.4) is 0 Å². The monoisotopic (exact) mass is 242 g/mol. The third-order valence-electron chi connectivity index (χ3n) is 2.05. The summed E-state index contributed by atoms with van der Waals surface area (Å²) in [6.45, 7) is -1.44. The number of carbonyl (C=O) groups excluding carboxylic acids is 1. The Morgan fingerprint density at radius 3 is 2.18 bits per heavy atom. The molecule has 7 nitrogen and oxygen atoms in total. The lowest BCUT2D eigenvalue weighted by Gasteiger charge is -2.13. The summed E-state index contributed by atoms with van der Waals surface area (Å²) in [5, 5.41) is 20.7. The Morgan fingerprint density at radius 2 is 1.76 bits per heavy atom. The summed E-state index contributed by atoms with van der Waals surface area (Å²) in [7, 11) is 0. The van der Waals surface area contributed by atoms with E-state index in [1.165, 1.54) is 18.2 Å². The maximum absolute atomic E-state index is 14.0. The number of benzene rings is 1. The van der Waals surface area contributed by atoms with Crippen LogP contribution >= 0.6 is 0 Å². The number of Topliss-reactive ketones (excluding diaryl/α,β-unsaturated/α-hetero) is 1. The molecule has 1 aromatic carbocycles. The van der Waals surface area contributed by atoms with Crippen molar-refractivity contribution < 1.29 is 19.0 Å². The van der Waals surface area contributed by atoms with Crippen LogP contribution < -0.4 is 0 Å². The number of halogens is 1. The molecule has 1 unspecified atom stereocenters. The van der Waals surface area contributed by atoms with Crippen molar-refractivity contribution in [2.45, 2.75) is 5.79 Å². The number of carbonyl (C=O) groups is 1. The molecule has 90 valence electrons. The quantitative estimate of drug-likeness (QED) is 0.434. The number of ketones is 1. The van der Waals surface area contributed by atoms with Gasteiger partial charge in [0.1, 0.15) is 0 Å². The lowest BCUT2D eigenvalue weighted by atomic mass is 10.0. The molecule has 1 aromatic rings. The second-order valence-corrected chi connectivity index (χ2v) is 3.16. The van der Waals surface area contributed by atoms with Gasteiger partial charge in [0.05, 0.1) is 10.5 Å². The van der Waals surface area contributed by atoms with Gasteiger partial charge in [0.2, 0.25) is 0 Å². The van der Waals surface area contributed by atoms with Gasteiger partial charge in [0.15, 0.2) is 0 Å². The molecule has 0 spiro atoms. The first kappa shape index (κ1) is 12.7. The molecule has 0 radical (unpaired) electrons. The van der Waals surface area contributed by atoms with Gasteiger partial charge in [-0.15, -0.1) is 0 Å². The van der Waals surface area contributed by atoms with Crippen LogP contribution in [-0.4, -0.2) is 22.2 Å². The summed E-state index contributed by atoms with van der Waals surface area (Å²) in [4.78, 5) is 29.4. The third kappa shape index (κ3) is 2.41. The second-order valence-electron chi connectivity index (χ2n) is 3.16. The molecule has 0 saturated carbocycles. The predicted molar refractivity (Wildman–Crippen MR) is 53.1 cm³/mol. The van der Waals surface area contributed by atoms with Crippen molar-refractivity contribution in [2.24, 2.45) is 0 Å². The minimum absolute atomic E-state index is 0.531. The third-order valence-corrected chi connectivity index (χ3v) is 2.05. The molecule has 1 atom stereocenters. The van der Waals surface area contributed by atoms with Crippen LogP contribution in [0.1, 0.15) is 5.56 Å². The molecule has 8 heteroatoms. The van der Waals surface area contributed by atoms with Crippen molar-refractivity contribution in [1.82, 2.24) is 0 Å². The Balaban J connectivity index is 3.20. The van der Waals surface area contributed by atoms with Crippen molar-refractivity contribution >= 4 is 5.78 Å². The van der Waals surface area contributed by atoms with Crippen LogP contribution in [0, 0.1) is 20.2 Å². The van der Waals surface area contributed by atoms with E-state index in [9.17, 15) is 29.4 Å². The van der Waals surface area contributed by atoms with Crippen LogP contribution in [0.4, 0.5) is 4.39 Å². The van der Waals surface area contributed by atoms with Crippen LogP contribution in [0.5, 0.6) is 0 Å². The van der Waals surface area contributed by atoms with Gasteiger partial charge in [-0.05, 0) is 12.1 Å². The second kappa shape index (κ2) is 4.64. The number of alkyl halides is 1. The zero-order valence-corrected chi connectivity index (χ0v) is 8.41. The van der Waals surface area contributed by atoms with E-state index in [2.05, 4.69) is 0 Å². The molecule has 1 rings (SSSR count). The standard InChI is InChI=1S/C9H7FN2O5/c10-9(12(16)17,8(13)6-11(14)15)7-4-2-1-3-5-7/h1-5H,6H2. The fourth-order valence-electron chi connectivity index (χ4n) is 1.25. The normalized spacial score (nSPS) is 13.7. The molecule has 0 heterocycles. The maximum Gasteiger partial charge on any atom is 0.449 e. The minimum atomic E-state index is -3.58. The topological polar surface area (TPSA) is 103 Å². The first-order valence-corrected chi connectivity index (χ1v) is 4.43. The van der Waals surface area contributed by atoms with E-state index >= 15 is 0 Å². The van der Waals surface area contributed by atoms with E-state index < -0.39 is 33.5 Å². The molecular weight excluding hydrogens is 235 g/mol. The number of hydrogen-bond donors (Lipinski definition) is 0. The zero-order valence-electron chi connectivity index (χ0n) is 8.41. The van der Waals surface area contributed by atoms with Crippen LogP contribution in [0.15, 0.2) is 30.3 Å². The van der Waals surface area contributed by atoms with Gasteiger partial charge in [0, 0.05) is 4.92 Å². The number of nitro groups is 2. The first-order chi connectivity index (χ1) is 7.89. The summed E-state index contributed by atoms with van der Waals surface area (Å²) in [5.74, 6) is -5.28. The summed E-state index contributed by atoms with van der Waals surface area (Å²) < 4.78 is 14.0. The average molecular weight is 242 g/mol. The minimum Gasteiger partial charge on any atom is -0.280 e. The largest absolute Gasteiger partial charge is 0.449 e. The van der Waals surface area contributed by atoms with Crippen molar-refractivity contribution in [3.63, 3.8) is 0 Å². The lowest BCUT2D eigenvalue weighted by Crippen LogP contribution is -2.42. The predicted octanol–water partition coefficient (Wildman–Crippen LogP) is 0.931. The summed E-state index contributed by atoms with van der Waals surface area (Å²) in [5.41, 5.74) is -0.531. The number of nitrogens with zero attached hydrogens (tertiary/aromatic N) is 2. The Morgan fingerprint density at radius 1 is 1.24 bits per heavy atom. The smallest absolute Gasteiger partial charge is 0.280 e. The fraction of sp³-hybridized carbons (Fsp3) is 0.222. The van der Waals surface area contributed by atoms with Crippen molar-refractivity contribution in [3.05, 3.63) is 56.1 Å². The molecular formula is C9H7FN2O5. The SMILES string of the molecule is O=C(C[N+](=O)[O-])C(F)(c1ccccc1)[N+](=O)[O-]. The van der Waals surface area contributed by atoms with Crippen LogP contribution in [-0.2, 0) is 10.6 Å². The fourth-order valence-corrected chi connectivity index (χ4v) is 1.25. The van der Waals surface area contributed by atoms with Gasteiger partial charge >= 0.3 is 11.6 Å². The molecule has 0 amide bonds. The van der Waals surface area contributed by atoms with Crippen molar-refractivity contribution in [1.29, 1.82) is 0 Å². The Bertz CT molecular complexity index is 464. The van der Waals surface area contributed by atoms with Gasteiger partial charge in [0.25, 0.3) is 6.54 Å². The Hall–Kier alpha value is -2.38. The highest BCUT2D eigenvalue weighted by Gasteiger charge is 2.55. The van der Waals surface area contributed by atoms with E-state index in [1.54, 1.807) is 0 Å². The van der Waals surface area contributed by atoms with E-state index in [1.807, 2.05) is 0 Å². The first-order valence-electron chi connectivity index (χ1n) is 4.43. The summed E-state index contributed by atoms with van der Waals surface area (Å²) in [6, 6.07) is 6.13. The molecule has 17 heavy (non-hydrogen) atoms. The van der Waals surface area contributed by atoms with Crippen molar-refractivity contribution in [2.75, 3.05) is 6.54 Å². The van der Waals surface area contributed by atoms with Gasteiger partial charge < -0.3 is 0 Å². The molecule has 0 aliphatic carbocycles. The van der Waals surface area contributed by atoms with E-state index in [-0.39, 0.29) is 0 Å². The van der Waals surface area contributed by atoms with Crippen molar-refractivity contribution in [3.8, 4) is 0 Å². The molecule has 0 aliphatic rings. The Kier molecular flexibility index (Phi) is 3.46. The van der Waals surface area contributed by atoms with E-state index in [0.717, 1.165) is 12.1 Å². The van der Waals surface area contributed by atoms with Gasteiger partial charge in [-0.1, -0.05) is 18.2 Å². The van der Waals surface area contributed by atoms with Gasteiger partial charge in [-0.2, -0.15) is 4.39 Å². The molecule has 0 bridgehead atoms. The average Bonchev–Trinajstić information content (AvgIpc) is 2.27. The highest BCUT2D eigenvalue weighted by Crippen LogP contribution is 2.27. The Labute approximate surface area is 94.2 Å². The maximum atomic E-state index is 14.0. The van der Waals surface area contributed by atoms with E-state index in [4.69, 9.17) is 0 Å². The van der Waals surface area contributed by atoms with Gasteiger partial charge in [-0.25, -0.2) is 0 Å². The molecule has 0 fully saturated rings. The number of hydrogen-bond acceptors (Lipinski definition) is 5. The van der Waals surface area contributed by atoms with Crippen LogP contribution in [0.2, 0.25) is 0 Å². The number of rotatable bonds is 5. The van der Waals surface area contributed by atoms with Gasteiger partial charge in [-0.3, -0.25) is 25.0 Å². The lowest BCUT2D eigenvalue weighted by molar-refractivity contribution is -0.599. The highest BCUT2D eigenvalue weighted by molar-refractivity contribution is 5.87. The summed E-state index contributed by atoms with van der Waals surface area (Å²) >= 11 is 0. The van der Waals surface area contributed by atoms with E-state index in [0.29, 0.717) is 0 Å². The highest BCUT2D eigenvalue weighted by atomic mass is 19.1. The molecule has 0 saturated heterocycles. The molecule has 0 N–H and O–H groups in total. The zero-order chi connectivity index (χ0) is 13.1. The van der Waals surface area contributed by atoms with Crippen LogP contribution in [0.25, 0.3) is 0 Å². The molecule has 0 aliphatic heterocycles. The summed E-state index contributed by atoms with van der Waals surface area (Å²) in [6.07, 6.45) is 0. The molecule has 0 aromatic heterocycles.